The number of hydrogen-bond donors (Lipinski definition) is 2. The number of rotatable bonds is 2. The first-order chi connectivity index (χ1) is 10.6. The van der Waals surface area contributed by atoms with Gasteiger partial charge in [-0.15, -0.1) is 11.8 Å². The van der Waals surface area contributed by atoms with Gasteiger partial charge < -0.3 is 15.5 Å². The molecule has 22 heavy (non-hydrogen) atoms. The summed E-state index contributed by atoms with van der Waals surface area (Å²) < 4.78 is 0. The lowest BCUT2D eigenvalue weighted by molar-refractivity contribution is -0.119. The highest BCUT2D eigenvalue weighted by Gasteiger charge is 2.41. The van der Waals surface area contributed by atoms with Gasteiger partial charge in [-0.1, -0.05) is 12.1 Å². The highest BCUT2D eigenvalue weighted by Crippen LogP contribution is 2.37. The van der Waals surface area contributed by atoms with Crippen molar-refractivity contribution in [3.8, 4) is 0 Å². The Morgan fingerprint density at radius 1 is 1.32 bits per heavy atom. The first-order valence-corrected chi connectivity index (χ1v) is 8.80. The number of thioether (sulfide) groups is 1. The second-order valence-corrected chi connectivity index (χ2v) is 6.92. The fourth-order valence-electron chi connectivity index (χ4n) is 3.23. The summed E-state index contributed by atoms with van der Waals surface area (Å²) >= 11 is 1.62. The number of para-hydroxylation sites is 1. The average molecular weight is 319 g/mol. The van der Waals surface area contributed by atoms with E-state index in [1.54, 1.807) is 11.8 Å². The Kier molecular flexibility index (Phi) is 4.29. The van der Waals surface area contributed by atoms with Gasteiger partial charge in [-0.3, -0.25) is 4.79 Å². The van der Waals surface area contributed by atoms with Gasteiger partial charge in [0.2, 0.25) is 5.91 Å². The molecule has 1 aromatic rings. The van der Waals surface area contributed by atoms with E-state index in [1.807, 2.05) is 35.4 Å². The molecule has 1 aromatic carbocycles. The van der Waals surface area contributed by atoms with Crippen LogP contribution in [0.1, 0.15) is 19.3 Å². The van der Waals surface area contributed by atoms with Crippen molar-refractivity contribution in [2.75, 3.05) is 31.2 Å². The van der Waals surface area contributed by atoms with Crippen LogP contribution in [-0.4, -0.2) is 42.7 Å². The first-order valence-electron chi connectivity index (χ1n) is 7.58. The second-order valence-electron chi connectivity index (χ2n) is 6.07. The summed E-state index contributed by atoms with van der Waals surface area (Å²) in [5, 5.41) is 5.92. The number of amides is 3. The number of hydrogen-bond acceptors (Lipinski definition) is 3. The van der Waals surface area contributed by atoms with Crippen molar-refractivity contribution in [3.05, 3.63) is 24.3 Å². The molecule has 1 spiro atoms. The maximum Gasteiger partial charge on any atom is 0.321 e. The van der Waals surface area contributed by atoms with Crippen LogP contribution in [-0.2, 0) is 4.79 Å². The van der Waals surface area contributed by atoms with Crippen LogP contribution in [0.2, 0.25) is 0 Å². The van der Waals surface area contributed by atoms with Crippen LogP contribution < -0.4 is 10.6 Å². The van der Waals surface area contributed by atoms with E-state index in [9.17, 15) is 9.59 Å². The van der Waals surface area contributed by atoms with Gasteiger partial charge in [0.05, 0.1) is 5.69 Å². The number of nitrogens with zero attached hydrogens (tertiary/aromatic N) is 1. The van der Waals surface area contributed by atoms with Gasteiger partial charge in [-0.25, -0.2) is 4.79 Å². The van der Waals surface area contributed by atoms with E-state index in [1.165, 1.54) is 0 Å². The molecule has 3 rings (SSSR count). The lowest BCUT2D eigenvalue weighted by Gasteiger charge is -2.38. The van der Waals surface area contributed by atoms with Gasteiger partial charge >= 0.3 is 6.03 Å². The van der Waals surface area contributed by atoms with Crippen LogP contribution in [0.4, 0.5) is 10.5 Å². The van der Waals surface area contributed by atoms with E-state index >= 15 is 0 Å². The van der Waals surface area contributed by atoms with Crippen LogP contribution in [0, 0.1) is 5.41 Å². The summed E-state index contributed by atoms with van der Waals surface area (Å²) in [4.78, 5) is 26.8. The van der Waals surface area contributed by atoms with Crippen molar-refractivity contribution in [1.82, 2.24) is 10.2 Å². The number of benzene rings is 1. The monoisotopic (exact) mass is 319 g/mol. The van der Waals surface area contributed by atoms with Crippen LogP contribution in [0.15, 0.2) is 29.2 Å². The summed E-state index contributed by atoms with van der Waals surface area (Å²) in [7, 11) is 0. The number of nitrogens with one attached hydrogen (secondary N) is 2. The lowest BCUT2D eigenvalue weighted by Crippen LogP contribution is -2.45. The fraction of sp³-hybridized carbons (Fsp3) is 0.500. The van der Waals surface area contributed by atoms with Crippen molar-refractivity contribution in [3.63, 3.8) is 0 Å². The molecule has 2 N–H and O–H groups in total. The lowest BCUT2D eigenvalue weighted by atomic mass is 9.78. The standard InChI is InChI=1S/C16H21N3O2S/c1-22-13-5-3-2-4-12(13)18-15(21)19-8-6-16(7-9-19)10-14(20)17-11-16/h2-5H,6-11H2,1H3,(H,17,20)(H,18,21). The van der Waals surface area contributed by atoms with E-state index in [4.69, 9.17) is 0 Å². The number of urea groups is 1. The topological polar surface area (TPSA) is 61.4 Å². The third kappa shape index (κ3) is 3.06. The molecule has 3 amide bonds. The van der Waals surface area contributed by atoms with Crippen LogP contribution in [0.3, 0.4) is 0 Å². The zero-order valence-corrected chi connectivity index (χ0v) is 13.5. The SMILES string of the molecule is CSc1ccccc1NC(=O)N1CCC2(CC1)CNC(=O)C2. The minimum atomic E-state index is -0.0476. The van der Waals surface area contributed by atoms with Crippen molar-refractivity contribution in [2.45, 2.75) is 24.2 Å². The molecule has 5 nitrogen and oxygen atoms in total. The van der Waals surface area contributed by atoms with E-state index in [0.29, 0.717) is 19.5 Å². The molecule has 2 fully saturated rings. The average Bonchev–Trinajstić information content (AvgIpc) is 2.89. The third-order valence-electron chi connectivity index (χ3n) is 4.66. The molecule has 0 atom stereocenters. The minimum absolute atomic E-state index is 0.0476. The number of carbonyl (C=O) groups excluding carboxylic acids is 2. The molecule has 0 aliphatic carbocycles. The Labute approximate surface area is 134 Å². The maximum atomic E-state index is 12.4. The Bertz CT molecular complexity index is 583. The van der Waals surface area contributed by atoms with Crippen LogP contribution >= 0.6 is 11.8 Å². The molecule has 6 heteroatoms. The molecule has 2 aliphatic heterocycles. The molecule has 2 heterocycles. The van der Waals surface area contributed by atoms with Gasteiger partial charge in [0.1, 0.15) is 0 Å². The minimum Gasteiger partial charge on any atom is -0.356 e. The van der Waals surface area contributed by atoms with Gasteiger partial charge in [-0.2, -0.15) is 0 Å². The largest absolute Gasteiger partial charge is 0.356 e. The molecule has 118 valence electrons. The molecule has 0 radical (unpaired) electrons. The highest BCUT2D eigenvalue weighted by molar-refractivity contribution is 7.98. The Morgan fingerprint density at radius 3 is 2.68 bits per heavy atom. The predicted molar refractivity (Wildman–Crippen MR) is 88.1 cm³/mol. The predicted octanol–water partition coefficient (Wildman–Crippen LogP) is 2.54. The number of piperidine rings is 1. The molecular weight excluding hydrogens is 298 g/mol. The first kappa shape index (κ1) is 15.2. The molecule has 0 aromatic heterocycles. The zero-order valence-electron chi connectivity index (χ0n) is 12.7. The zero-order chi connectivity index (χ0) is 15.6. The molecule has 2 aliphatic rings. The summed E-state index contributed by atoms with van der Waals surface area (Å²) in [6.45, 7) is 2.18. The number of carbonyl (C=O) groups is 2. The highest BCUT2D eigenvalue weighted by atomic mass is 32.2. The fourth-order valence-corrected chi connectivity index (χ4v) is 3.79. The van der Waals surface area contributed by atoms with Crippen LogP contribution in [0.5, 0.6) is 0 Å². The van der Waals surface area contributed by atoms with Crippen molar-refractivity contribution >= 4 is 29.4 Å². The molecule has 2 saturated heterocycles. The van der Waals surface area contributed by atoms with Gasteiger partial charge in [-0.05, 0) is 36.6 Å². The number of likely N-dealkylation sites (tertiary alicyclic amines) is 1. The van der Waals surface area contributed by atoms with E-state index in [-0.39, 0.29) is 17.4 Å². The Morgan fingerprint density at radius 2 is 2.05 bits per heavy atom. The quantitative estimate of drug-likeness (QED) is 0.824. The second kappa shape index (κ2) is 6.20. The van der Waals surface area contributed by atoms with E-state index in [0.717, 1.165) is 30.0 Å². The normalized spacial score (nSPS) is 20.0. The smallest absolute Gasteiger partial charge is 0.321 e. The van der Waals surface area contributed by atoms with E-state index < -0.39 is 0 Å². The van der Waals surface area contributed by atoms with Crippen LogP contribution in [0.25, 0.3) is 0 Å². The Balaban J connectivity index is 1.59. The molecule has 0 unspecified atom stereocenters. The van der Waals surface area contributed by atoms with E-state index in [2.05, 4.69) is 10.6 Å². The summed E-state index contributed by atoms with van der Waals surface area (Å²) in [6, 6.07) is 7.77. The molecular formula is C16H21N3O2S. The summed E-state index contributed by atoms with van der Waals surface area (Å²) in [5.41, 5.74) is 0.934. The molecule has 0 bridgehead atoms. The Hall–Kier alpha value is -1.69. The summed E-state index contributed by atoms with van der Waals surface area (Å²) in [6.07, 6.45) is 4.39. The van der Waals surface area contributed by atoms with Crippen molar-refractivity contribution in [1.29, 1.82) is 0 Å². The third-order valence-corrected chi connectivity index (χ3v) is 5.45. The van der Waals surface area contributed by atoms with Crippen molar-refractivity contribution < 1.29 is 9.59 Å². The van der Waals surface area contributed by atoms with Gasteiger partial charge in [0.25, 0.3) is 0 Å². The van der Waals surface area contributed by atoms with Gasteiger partial charge in [0, 0.05) is 31.0 Å². The summed E-state index contributed by atoms with van der Waals surface area (Å²) in [5.74, 6) is 0.145. The number of anilines is 1. The maximum absolute atomic E-state index is 12.4. The van der Waals surface area contributed by atoms with Crippen molar-refractivity contribution in [2.24, 2.45) is 5.41 Å². The van der Waals surface area contributed by atoms with Gasteiger partial charge in [0.15, 0.2) is 0 Å². The molecule has 0 saturated carbocycles.